The summed E-state index contributed by atoms with van der Waals surface area (Å²) in [5.74, 6) is 0.0388. The Balaban J connectivity index is 2.12. The Morgan fingerprint density at radius 2 is 2.37 bits per heavy atom. The van der Waals surface area contributed by atoms with E-state index in [1.54, 1.807) is 35.9 Å². The molecule has 4 heteroatoms. The maximum absolute atomic E-state index is 12.1. The van der Waals surface area contributed by atoms with Gasteiger partial charge in [-0.15, -0.1) is 11.3 Å². The summed E-state index contributed by atoms with van der Waals surface area (Å²) in [5, 5.41) is 0. The second-order valence-electron chi connectivity index (χ2n) is 4.12. The monoisotopic (exact) mass is 335 g/mol. The van der Waals surface area contributed by atoms with Crippen LogP contribution >= 0.6 is 27.3 Å². The maximum Gasteiger partial charge on any atom is 0.195 e. The van der Waals surface area contributed by atoms with E-state index in [9.17, 15) is 4.79 Å². The average molecular weight is 336 g/mol. The van der Waals surface area contributed by atoms with Gasteiger partial charge in [0.25, 0.3) is 0 Å². The summed E-state index contributed by atoms with van der Waals surface area (Å²) in [6.07, 6.45) is 8.93. The van der Waals surface area contributed by atoms with Crippen LogP contribution in [0.5, 0.6) is 0 Å². The molecule has 0 saturated carbocycles. The fourth-order valence-corrected chi connectivity index (χ4v) is 3.55. The molecule has 0 amide bonds. The second-order valence-corrected chi connectivity index (χ2v) is 6.11. The van der Waals surface area contributed by atoms with Crippen LogP contribution in [0.1, 0.15) is 33.5 Å². The number of halogens is 1. The Bertz CT molecular complexity index is 589. The third-order valence-electron chi connectivity index (χ3n) is 2.59. The van der Waals surface area contributed by atoms with E-state index in [0.717, 1.165) is 27.8 Å². The lowest BCUT2D eigenvalue weighted by Gasteiger charge is -1.92. The number of allylic oxidation sites excluding steroid dienone is 1. The summed E-state index contributed by atoms with van der Waals surface area (Å²) in [4.78, 5) is 18.1. The predicted molar refractivity (Wildman–Crippen MR) is 83.6 cm³/mol. The van der Waals surface area contributed by atoms with E-state index in [4.69, 9.17) is 0 Å². The van der Waals surface area contributed by atoms with E-state index in [1.807, 2.05) is 18.2 Å². The largest absolute Gasteiger partial charge is 0.288 e. The normalized spacial score (nSPS) is 11.1. The van der Waals surface area contributed by atoms with Gasteiger partial charge in [-0.05, 0) is 52.2 Å². The first-order valence-electron chi connectivity index (χ1n) is 6.11. The van der Waals surface area contributed by atoms with Crippen LogP contribution in [0.25, 0.3) is 6.08 Å². The quantitative estimate of drug-likeness (QED) is 0.582. The van der Waals surface area contributed by atoms with Crippen molar-refractivity contribution >= 4 is 39.1 Å². The van der Waals surface area contributed by atoms with Crippen molar-refractivity contribution in [3.8, 4) is 0 Å². The van der Waals surface area contributed by atoms with Crippen LogP contribution in [0.4, 0.5) is 0 Å². The minimum Gasteiger partial charge on any atom is -0.288 e. The number of rotatable bonds is 5. The van der Waals surface area contributed by atoms with E-state index in [0.29, 0.717) is 0 Å². The van der Waals surface area contributed by atoms with Gasteiger partial charge in [0.15, 0.2) is 5.78 Å². The molecule has 0 aliphatic rings. The number of carbonyl (C=O) groups is 1. The Hall–Kier alpha value is -1.26. The summed E-state index contributed by atoms with van der Waals surface area (Å²) >= 11 is 5.07. The lowest BCUT2D eigenvalue weighted by atomic mass is 10.2. The van der Waals surface area contributed by atoms with Crippen molar-refractivity contribution in [3.05, 3.63) is 56.5 Å². The standard InChI is InChI=1S/C15H14BrNOS/c1-2-4-14-12(16)9-15(19-14)13(18)7-6-11-5-3-8-17-10-11/h3,5-10H,2,4H2,1H3/b7-6+. The van der Waals surface area contributed by atoms with Crippen molar-refractivity contribution in [1.82, 2.24) is 4.98 Å². The zero-order valence-electron chi connectivity index (χ0n) is 10.6. The number of aryl methyl sites for hydroxylation is 1. The first kappa shape index (κ1) is 14.2. The van der Waals surface area contributed by atoms with E-state index >= 15 is 0 Å². The van der Waals surface area contributed by atoms with E-state index in [2.05, 4.69) is 27.8 Å². The summed E-state index contributed by atoms with van der Waals surface area (Å²) in [6.45, 7) is 2.13. The Kier molecular flexibility index (Phi) is 5.05. The number of aromatic nitrogens is 1. The number of thiophene rings is 1. The van der Waals surface area contributed by atoms with Gasteiger partial charge in [-0.3, -0.25) is 9.78 Å². The van der Waals surface area contributed by atoms with Gasteiger partial charge in [-0.2, -0.15) is 0 Å². The highest BCUT2D eigenvalue weighted by Crippen LogP contribution is 2.29. The zero-order valence-corrected chi connectivity index (χ0v) is 13.0. The van der Waals surface area contributed by atoms with Gasteiger partial charge in [0, 0.05) is 21.7 Å². The number of hydrogen-bond acceptors (Lipinski definition) is 3. The van der Waals surface area contributed by atoms with E-state index < -0.39 is 0 Å². The van der Waals surface area contributed by atoms with Crippen LogP contribution in [0.15, 0.2) is 41.1 Å². The van der Waals surface area contributed by atoms with Crippen LogP contribution < -0.4 is 0 Å². The Morgan fingerprint density at radius 3 is 3.05 bits per heavy atom. The molecule has 98 valence electrons. The first-order chi connectivity index (χ1) is 9.20. The Labute approximate surface area is 125 Å². The minimum atomic E-state index is 0.0388. The topological polar surface area (TPSA) is 30.0 Å². The fourth-order valence-electron chi connectivity index (χ4n) is 1.65. The summed E-state index contributed by atoms with van der Waals surface area (Å²) in [6, 6.07) is 5.68. The molecule has 0 unspecified atom stereocenters. The molecular weight excluding hydrogens is 322 g/mol. The Morgan fingerprint density at radius 1 is 1.53 bits per heavy atom. The SMILES string of the molecule is CCCc1sc(C(=O)/C=C/c2cccnc2)cc1Br. The zero-order chi connectivity index (χ0) is 13.7. The van der Waals surface area contributed by atoms with Gasteiger partial charge >= 0.3 is 0 Å². The number of carbonyl (C=O) groups excluding carboxylic acids is 1. The van der Waals surface area contributed by atoms with Gasteiger partial charge in [-0.25, -0.2) is 0 Å². The molecule has 2 aromatic heterocycles. The van der Waals surface area contributed by atoms with Gasteiger partial charge in [0.2, 0.25) is 0 Å². The molecule has 0 bridgehead atoms. The highest BCUT2D eigenvalue weighted by atomic mass is 79.9. The molecule has 0 saturated heterocycles. The average Bonchev–Trinajstić information content (AvgIpc) is 2.79. The molecule has 0 aliphatic heterocycles. The molecule has 0 spiro atoms. The van der Waals surface area contributed by atoms with E-state index in [1.165, 1.54) is 4.88 Å². The number of hydrogen-bond donors (Lipinski definition) is 0. The fraction of sp³-hybridized carbons (Fsp3) is 0.200. The second kappa shape index (κ2) is 6.78. The number of ketones is 1. The molecule has 2 aromatic rings. The minimum absolute atomic E-state index is 0.0388. The van der Waals surface area contributed by atoms with Crippen molar-refractivity contribution in [2.75, 3.05) is 0 Å². The molecule has 2 nitrogen and oxygen atoms in total. The molecule has 2 heterocycles. The predicted octanol–water partition coefficient (Wildman–Crippen LogP) is 4.75. The van der Waals surface area contributed by atoms with Crippen LogP contribution in [-0.4, -0.2) is 10.8 Å². The third-order valence-corrected chi connectivity index (χ3v) is 4.77. The highest BCUT2D eigenvalue weighted by molar-refractivity contribution is 9.10. The summed E-state index contributed by atoms with van der Waals surface area (Å²) in [7, 11) is 0. The lowest BCUT2D eigenvalue weighted by Crippen LogP contribution is -1.88. The molecule has 0 radical (unpaired) electrons. The molecule has 19 heavy (non-hydrogen) atoms. The van der Waals surface area contributed by atoms with Crippen molar-refractivity contribution < 1.29 is 4.79 Å². The van der Waals surface area contributed by atoms with Gasteiger partial charge in [0.05, 0.1) is 4.88 Å². The van der Waals surface area contributed by atoms with Crippen molar-refractivity contribution in [1.29, 1.82) is 0 Å². The molecule has 0 aliphatic carbocycles. The smallest absolute Gasteiger partial charge is 0.195 e. The summed E-state index contributed by atoms with van der Waals surface area (Å²) in [5.41, 5.74) is 0.931. The van der Waals surface area contributed by atoms with Crippen LogP contribution in [-0.2, 0) is 6.42 Å². The number of pyridine rings is 1. The van der Waals surface area contributed by atoms with Crippen LogP contribution in [0.3, 0.4) is 0 Å². The summed E-state index contributed by atoms with van der Waals surface area (Å²) < 4.78 is 1.04. The van der Waals surface area contributed by atoms with Crippen molar-refractivity contribution in [2.45, 2.75) is 19.8 Å². The van der Waals surface area contributed by atoms with Crippen molar-refractivity contribution in [3.63, 3.8) is 0 Å². The molecule has 2 rings (SSSR count). The first-order valence-corrected chi connectivity index (χ1v) is 7.72. The maximum atomic E-state index is 12.1. The van der Waals surface area contributed by atoms with Gasteiger partial charge in [0.1, 0.15) is 0 Å². The lowest BCUT2D eigenvalue weighted by molar-refractivity contribution is 0.105. The molecule has 0 atom stereocenters. The number of nitrogens with zero attached hydrogens (tertiary/aromatic N) is 1. The highest BCUT2D eigenvalue weighted by Gasteiger charge is 2.10. The van der Waals surface area contributed by atoms with Crippen LogP contribution in [0.2, 0.25) is 0 Å². The van der Waals surface area contributed by atoms with Gasteiger partial charge < -0.3 is 0 Å². The molecule has 0 N–H and O–H groups in total. The van der Waals surface area contributed by atoms with E-state index in [-0.39, 0.29) is 5.78 Å². The van der Waals surface area contributed by atoms with Crippen LogP contribution in [0, 0.1) is 0 Å². The van der Waals surface area contributed by atoms with Gasteiger partial charge in [-0.1, -0.05) is 19.4 Å². The molecule has 0 fully saturated rings. The third kappa shape index (κ3) is 3.85. The van der Waals surface area contributed by atoms with Crippen molar-refractivity contribution in [2.24, 2.45) is 0 Å². The molecular formula is C15H14BrNOS. The molecule has 0 aromatic carbocycles.